The molecule has 4 nitrogen and oxygen atoms in total. The molecule has 1 heterocycles. The van der Waals surface area contributed by atoms with Crippen LogP contribution in [0.2, 0.25) is 0 Å². The summed E-state index contributed by atoms with van der Waals surface area (Å²) in [5.74, 6) is 0.666. The molecule has 4 rings (SSSR count). The van der Waals surface area contributed by atoms with Crippen LogP contribution in [0, 0.1) is 5.82 Å². The second-order valence-electron chi connectivity index (χ2n) is 6.30. The first-order chi connectivity index (χ1) is 12.7. The average Bonchev–Trinajstić information content (AvgIpc) is 3.09. The highest BCUT2D eigenvalue weighted by atomic mass is 32.2. The van der Waals surface area contributed by atoms with Gasteiger partial charge in [-0.2, -0.15) is 0 Å². The standard InChI is InChI=1S/C20H18FN3OS/c21-15-10-12-16(13-11-15)24-19(14-6-2-1-3-7-14)22-23-20(24)26-18-9-5-4-8-17(18)25/h1-3,6-7,10-13,18H,4-5,8-9H2/t18-/m0/s1. The highest BCUT2D eigenvalue weighted by Crippen LogP contribution is 2.34. The van der Waals surface area contributed by atoms with Gasteiger partial charge in [0.25, 0.3) is 0 Å². The van der Waals surface area contributed by atoms with Gasteiger partial charge in [0.05, 0.1) is 5.25 Å². The first-order valence-corrected chi connectivity index (χ1v) is 9.56. The van der Waals surface area contributed by atoms with Crippen LogP contribution in [0.15, 0.2) is 59.8 Å². The van der Waals surface area contributed by atoms with Crippen LogP contribution in [0.3, 0.4) is 0 Å². The maximum absolute atomic E-state index is 13.4. The molecule has 0 saturated heterocycles. The van der Waals surface area contributed by atoms with Crippen molar-refractivity contribution >= 4 is 17.5 Å². The lowest BCUT2D eigenvalue weighted by molar-refractivity contribution is -0.119. The van der Waals surface area contributed by atoms with Crippen molar-refractivity contribution in [1.29, 1.82) is 0 Å². The van der Waals surface area contributed by atoms with E-state index in [-0.39, 0.29) is 16.9 Å². The van der Waals surface area contributed by atoms with E-state index in [1.165, 1.54) is 23.9 Å². The number of benzene rings is 2. The van der Waals surface area contributed by atoms with E-state index in [9.17, 15) is 9.18 Å². The Hall–Kier alpha value is -2.47. The van der Waals surface area contributed by atoms with Gasteiger partial charge in [-0.1, -0.05) is 48.5 Å². The smallest absolute Gasteiger partial charge is 0.196 e. The molecule has 1 aromatic heterocycles. The zero-order valence-corrected chi connectivity index (χ0v) is 15.0. The van der Waals surface area contributed by atoms with Crippen molar-refractivity contribution in [2.45, 2.75) is 36.1 Å². The molecule has 0 amide bonds. The van der Waals surface area contributed by atoms with E-state index in [4.69, 9.17) is 0 Å². The molecule has 1 aliphatic carbocycles. The summed E-state index contributed by atoms with van der Waals surface area (Å²) in [6.07, 6.45) is 3.52. The Bertz CT molecular complexity index is 909. The van der Waals surface area contributed by atoms with Crippen LogP contribution < -0.4 is 0 Å². The largest absolute Gasteiger partial charge is 0.298 e. The molecule has 3 aromatic rings. The molecular weight excluding hydrogens is 349 g/mol. The molecule has 26 heavy (non-hydrogen) atoms. The van der Waals surface area contributed by atoms with Crippen LogP contribution in [0.5, 0.6) is 0 Å². The van der Waals surface area contributed by atoms with E-state index >= 15 is 0 Å². The van der Waals surface area contributed by atoms with Gasteiger partial charge in [-0.05, 0) is 37.1 Å². The predicted molar refractivity (Wildman–Crippen MR) is 99.9 cm³/mol. The van der Waals surface area contributed by atoms with Gasteiger partial charge in [0, 0.05) is 17.7 Å². The molecule has 0 bridgehead atoms. The third kappa shape index (κ3) is 3.42. The van der Waals surface area contributed by atoms with E-state index in [1.807, 2.05) is 34.9 Å². The van der Waals surface area contributed by atoms with Crippen LogP contribution >= 0.6 is 11.8 Å². The minimum absolute atomic E-state index is 0.0872. The SMILES string of the molecule is O=C1CCCC[C@@H]1Sc1nnc(-c2ccccc2)n1-c1ccc(F)cc1. The lowest BCUT2D eigenvalue weighted by atomic mass is 9.99. The minimum Gasteiger partial charge on any atom is -0.298 e. The molecule has 2 aromatic carbocycles. The summed E-state index contributed by atoms with van der Waals surface area (Å²) in [5.41, 5.74) is 1.70. The van der Waals surface area contributed by atoms with Crippen molar-refractivity contribution < 1.29 is 9.18 Å². The van der Waals surface area contributed by atoms with Gasteiger partial charge in [0.1, 0.15) is 11.6 Å². The fraction of sp³-hybridized carbons (Fsp3) is 0.250. The quantitative estimate of drug-likeness (QED) is 0.672. The fourth-order valence-corrected chi connectivity index (χ4v) is 4.32. The number of nitrogens with zero attached hydrogens (tertiary/aromatic N) is 3. The zero-order chi connectivity index (χ0) is 17.9. The van der Waals surface area contributed by atoms with E-state index in [2.05, 4.69) is 10.2 Å². The predicted octanol–water partition coefficient (Wildman–Crippen LogP) is 4.68. The summed E-state index contributed by atoms with van der Waals surface area (Å²) in [7, 11) is 0. The number of Topliss-reactive ketones (excluding diaryl/α,β-unsaturated/α-hetero) is 1. The van der Waals surface area contributed by atoms with Gasteiger partial charge in [0.2, 0.25) is 0 Å². The maximum Gasteiger partial charge on any atom is 0.196 e. The number of carbonyl (C=O) groups is 1. The number of thioether (sulfide) groups is 1. The van der Waals surface area contributed by atoms with Crippen LogP contribution in [-0.2, 0) is 4.79 Å². The zero-order valence-electron chi connectivity index (χ0n) is 14.1. The van der Waals surface area contributed by atoms with Crippen molar-refractivity contribution in [3.8, 4) is 17.1 Å². The Morgan fingerprint density at radius 1 is 1.00 bits per heavy atom. The summed E-state index contributed by atoms with van der Waals surface area (Å²) >= 11 is 1.46. The Morgan fingerprint density at radius 2 is 1.77 bits per heavy atom. The number of hydrogen-bond acceptors (Lipinski definition) is 4. The molecule has 1 fully saturated rings. The van der Waals surface area contributed by atoms with E-state index in [0.29, 0.717) is 17.4 Å². The van der Waals surface area contributed by atoms with E-state index in [1.54, 1.807) is 12.1 Å². The topological polar surface area (TPSA) is 47.8 Å². The van der Waals surface area contributed by atoms with Gasteiger partial charge in [-0.25, -0.2) is 4.39 Å². The van der Waals surface area contributed by atoms with E-state index < -0.39 is 0 Å². The number of halogens is 1. The summed E-state index contributed by atoms with van der Waals surface area (Å²) in [6.45, 7) is 0. The van der Waals surface area contributed by atoms with Crippen LogP contribution in [0.25, 0.3) is 17.1 Å². The molecule has 6 heteroatoms. The van der Waals surface area contributed by atoms with E-state index in [0.717, 1.165) is 30.5 Å². The normalized spacial score (nSPS) is 17.4. The van der Waals surface area contributed by atoms with Gasteiger partial charge < -0.3 is 0 Å². The molecule has 1 aliphatic rings. The highest BCUT2D eigenvalue weighted by molar-refractivity contribution is 8.00. The molecule has 1 saturated carbocycles. The Balaban J connectivity index is 1.77. The number of ketones is 1. The van der Waals surface area contributed by atoms with Crippen molar-refractivity contribution in [2.75, 3.05) is 0 Å². The Kier molecular flexibility index (Phi) is 4.84. The number of aromatic nitrogens is 3. The molecule has 0 unspecified atom stereocenters. The molecular formula is C20H18FN3OS. The average molecular weight is 367 g/mol. The van der Waals surface area contributed by atoms with Crippen molar-refractivity contribution in [2.24, 2.45) is 0 Å². The van der Waals surface area contributed by atoms with Crippen molar-refractivity contribution in [3.05, 3.63) is 60.4 Å². The molecule has 0 spiro atoms. The first-order valence-electron chi connectivity index (χ1n) is 8.68. The van der Waals surface area contributed by atoms with Crippen LogP contribution in [0.4, 0.5) is 4.39 Å². The molecule has 0 N–H and O–H groups in total. The van der Waals surface area contributed by atoms with Crippen molar-refractivity contribution in [3.63, 3.8) is 0 Å². The highest BCUT2D eigenvalue weighted by Gasteiger charge is 2.26. The summed E-state index contributed by atoms with van der Waals surface area (Å²) in [5, 5.41) is 9.29. The summed E-state index contributed by atoms with van der Waals surface area (Å²) < 4.78 is 15.3. The summed E-state index contributed by atoms with van der Waals surface area (Å²) in [4.78, 5) is 12.2. The summed E-state index contributed by atoms with van der Waals surface area (Å²) in [6, 6.07) is 16.0. The van der Waals surface area contributed by atoms with Crippen LogP contribution in [-0.4, -0.2) is 25.8 Å². The van der Waals surface area contributed by atoms with Crippen molar-refractivity contribution in [1.82, 2.24) is 14.8 Å². The third-order valence-electron chi connectivity index (χ3n) is 4.50. The lowest BCUT2D eigenvalue weighted by Gasteiger charge is -2.19. The molecule has 0 aliphatic heterocycles. The molecule has 1 atom stereocenters. The Labute approximate surface area is 155 Å². The number of rotatable bonds is 4. The van der Waals surface area contributed by atoms with Gasteiger partial charge in [-0.3, -0.25) is 9.36 Å². The van der Waals surface area contributed by atoms with Crippen LogP contribution in [0.1, 0.15) is 25.7 Å². The van der Waals surface area contributed by atoms with Gasteiger partial charge in [0.15, 0.2) is 11.0 Å². The lowest BCUT2D eigenvalue weighted by Crippen LogP contribution is -2.21. The van der Waals surface area contributed by atoms with Gasteiger partial charge in [-0.15, -0.1) is 10.2 Å². The first kappa shape index (κ1) is 17.0. The number of carbonyl (C=O) groups excluding carboxylic acids is 1. The molecule has 0 radical (unpaired) electrons. The third-order valence-corrected chi connectivity index (χ3v) is 5.75. The maximum atomic E-state index is 13.4. The van der Waals surface area contributed by atoms with Gasteiger partial charge >= 0.3 is 0 Å². The Morgan fingerprint density at radius 3 is 2.50 bits per heavy atom. The fourth-order valence-electron chi connectivity index (χ4n) is 3.15. The second-order valence-corrected chi connectivity index (χ2v) is 7.47. The monoisotopic (exact) mass is 367 g/mol. The number of hydrogen-bond donors (Lipinski definition) is 0. The minimum atomic E-state index is -0.292. The molecule has 132 valence electrons. The second kappa shape index (κ2) is 7.41.